The molecule has 1 saturated carbocycles. The first-order valence-corrected chi connectivity index (χ1v) is 10.1. The summed E-state index contributed by atoms with van der Waals surface area (Å²) in [5, 5.41) is 4.36. The number of benzene rings is 1. The van der Waals surface area contributed by atoms with E-state index in [0.717, 1.165) is 18.7 Å². The molecule has 9 heteroatoms. The molecule has 3 heterocycles. The van der Waals surface area contributed by atoms with Crippen molar-refractivity contribution in [2.45, 2.75) is 31.6 Å². The Labute approximate surface area is 176 Å². The number of rotatable bonds is 4. The van der Waals surface area contributed by atoms with Crippen molar-refractivity contribution in [1.29, 1.82) is 0 Å². The third-order valence-corrected chi connectivity index (χ3v) is 5.68. The highest BCUT2D eigenvalue weighted by atomic mass is 35.5. The SMILES string of the molecule is Nc1nc(-c2c(F)cccc2Cl)[nH]c1-c1ccc(-c2nc(C3CCCC3)no2)nc1. The highest BCUT2D eigenvalue weighted by molar-refractivity contribution is 6.33. The van der Waals surface area contributed by atoms with Crippen LogP contribution in [0.5, 0.6) is 0 Å². The molecule has 0 atom stereocenters. The average Bonchev–Trinajstić information content (AvgIpc) is 3.49. The molecule has 0 amide bonds. The normalized spacial score (nSPS) is 14.5. The third-order valence-electron chi connectivity index (χ3n) is 5.36. The molecule has 0 spiro atoms. The van der Waals surface area contributed by atoms with Crippen LogP contribution in [0.25, 0.3) is 34.2 Å². The van der Waals surface area contributed by atoms with Gasteiger partial charge in [0, 0.05) is 17.7 Å². The van der Waals surface area contributed by atoms with E-state index < -0.39 is 5.82 Å². The van der Waals surface area contributed by atoms with Gasteiger partial charge in [-0.3, -0.25) is 4.98 Å². The molecule has 1 aliphatic rings. The van der Waals surface area contributed by atoms with Crippen molar-refractivity contribution in [3.8, 4) is 34.2 Å². The predicted molar refractivity (Wildman–Crippen MR) is 111 cm³/mol. The number of hydrogen-bond donors (Lipinski definition) is 2. The van der Waals surface area contributed by atoms with E-state index in [2.05, 4.69) is 25.1 Å². The van der Waals surface area contributed by atoms with Gasteiger partial charge in [-0.1, -0.05) is 35.7 Å². The second kappa shape index (κ2) is 7.53. The second-order valence-corrected chi connectivity index (χ2v) is 7.72. The molecule has 7 nitrogen and oxygen atoms in total. The average molecular weight is 425 g/mol. The molecular formula is C21H18ClFN6O. The van der Waals surface area contributed by atoms with E-state index in [9.17, 15) is 4.39 Å². The first kappa shape index (κ1) is 18.7. The van der Waals surface area contributed by atoms with Crippen LogP contribution < -0.4 is 5.73 Å². The number of nitrogens with one attached hydrogen (secondary N) is 1. The Bertz CT molecular complexity index is 1180. The third kappa shape index (κ3) is 3.33. The Morgan fingerprint density at radius 2 is 1.97 bits per heavy atom. The summed E-state index contributed by atoms with van der Waals surface area (Å²) in [6, 6.07) is 8.04. The molecule has 152 valence electrons. The fourth-order valence-electron chi connectivity index (χ4n) is 3.81. The number of nitrogens with zero attached hydrogens (tertiary/aromatic N) is 4. The molecule has 3 N–H and O–H groups in total. The van der Waals surface area contributed by atoms with Crippen molar-refractivity contribution in [1.82, 2.24) is 25.1 Å². The van der Waals surface area contributed by atoms with Gasteiger partial charge in [-0.25, -0.2) is 9.37 Å². The fourth-order valence-corrected chi connectivity index (χ4v) is 4.06. The van der Waals surface area contributed by atoms with Gasteiger partial charge < -0.3 is 15.2 Å². The first-order chi connectivity index (χ1) is 14.6. The number of hydrogen-bond acceptors (Lipinski definition) is 6. The number of halogens is 2. The molecule has 3 aromatic heterocycles. The smallest absolute Gasteiger partial charge is 0.276 e. The lowest BCUT2D eigenvalue weighted by molar-refractivity contribution is 0.414. The predicted octanol–water partition coefficient (Wildman–Crippen LogP) is 5.22. The summed E-state index contributed by atoms with van der Waals surface area (Å²) in [5.41, 5.74) is 8.03. The molecule has 0 aliphatic heterocycles. The fraction of sp³-hybridized carbons (Fsp3) is 0.238. The van der Waals surface area contributed by atoms with Gasteiger partial charge in [0.05, 0.1) is 16.3 Å². The van der Waals surface area contributed by atoms with Gasteiger partial charge in [-0.05, 0) is 37.1 Å². The topological polar surface area (TPSA) is 107 Å². The van der Waals surface area contributed by atoms with Gasteiger partial charge in [-0.15, -0.1) is 0 Å². The molecule has 1 aliphatic carbocycles. The van der Waals surface area contributed by atoms with Gasteiger partial charge in [0.1, 0.15) is 23.2 Å². The highest BCUT2D eigenvalue weighted by Crippen LogP contribution is 2.34. The number of anilines is 1. The second-order valence-electron chi connectivity index (χ2n) is 7.31. The summed E-state index contributed by atoms with van der Waals surface area (Å²) in [5.74, 6) is 1.51. The summed E-state index contributed by atoms with van der Waals surface area (Å²) in [4.78, 5) is 16.2. The molecular weight excluding hydrogens is 407 g/mol. The molecule has 0 saturated heterocycles. The van der Waals surface area contributed by atoms with Gasteiger partial charge in [0.25, 0.3) is 5.89 Å². The lowest BCUT2D eigenvalue weighted by atomic mass is 10.1. The van der Waals surface area contributed by atoms with Crippen LogP contribution in [0.15, 0.2) is 41.1 Å². The molecule has 5 rings (SSSR count). The van der Waals surface area contributed by atoms with E-state index in [4.69, 9.17) is 21.9 Å². The van der Waals surface area contributed by atoms with Gasteiger partial charge in [0.15, 0.2) is 5.82 Å². The Morgan fingerprint density at radius 1 is 1.13 bits per heavy atom. The van der Waals surface area contributed by atoms with Crippen molar-refractivity contribution < 1.29 is 8.91 Å². The maximum atomic E-state index is 14.2. The Balaban J connectivity index is 1.43. The summed E-state index contributed by atoms with van der Waals surface area (Å²) >= 11 is 6.13. The lowest BCUT2D eigenvalue weighted by Gasteiger charge is -2.02. The van der Waals surface area contributed by atoms with Crippen molar-refractivity contribution in [3.63, 3.8) is 0 Å². The number of aromatic nitrogens is 5. The largest absolute Gasteiger partial charge is 0.382 e. The molecule has 0 bridgehead atoms. The summed E-state index contributed by atoms with van der Waals surface area (Å²) < 4.78 is 19.6. The van der Waals surface area contributed by atoms with Crippen molar-refractivity contribution in [3.05, 3.63) is 53.2 Å². The quantitative estimate of drug-likeness (QED) is 0.465. The molecule has 0 radical (unpaired) electrons. The minimum atomic E-state index is -0.481. The van der Waals surface area contributed by atoms with Crippen LogP contribution in [0.2, 0.25) is 5.02 Å². The first-order valence-electron chi connectivity index (χ1n) is 9.70. The minimum absolute atomic E-state index is 0.173. The van der Waals surface area contributed by atoms with Crippen LogP contribution in [-0.2, 0) is 0 Å². The van der Waals surface area contributed by atoms with Gasteiger partial charge in [-0.2, -0.15) is 4.98 Å². The summed E-state index contributed by atoms with van der Waals surface area (Å²) in [7, 11) is 0. The van der Waals surface area contributed by atoms with E-state index in [1.165, 1.54) is 25.0 Å². The van der Waals surface area contributed by atoms with E-state index in [1.807, 2.05) is 6.07 Å². The molecule has 4 aromatic rings. The van der Waals surface area contributed by atoms with E-state index >= 15 is 0 Å². The zero-order valence-electron chi connectivity index (χ0n) is 15.9. The molecule has 1 fully saturated rings. The van der Waals surface area contributed by atoms with Crippen LogP contribution in [0, 0.1) is 5.82 Å². The van der Waals surface area contributed by atoms with E-state index in [0.29, 0.717) is 28.8 Å². The maximum Gasteiger partial charge on any atom is 0.276 e. The number of aromatic amines is 1. The Hall–Kier alpha value is -3.26. The number of pyridine rings is 1. The molecule has 30 heavy (non-hydrogen) atoms. The minimum Gasteiger partial charge on any atom is -0.382 e. The zero-order chi connectivity index (χ0) is 20.7. The van der Waals surface area contributed by atoms with Crippen molar-refractivity contribution in [2.75, 3.05) is 5.73 Å². The van der Waals surface area contributed by atoms with E-state index in [-0.39, 0.29) is 22.2 Å². The number of H-pyrrole nitrogens is 1. The van der Waals surface area contributed by atoms with E-state index in [1.54, 1.807) is 18.3 Å². The zero-order valence-corrected chi connectivity index (χ0v) is 16.7. The Morgan fingerprint density at radius 3 is 2.70 bits per heavy atom. The van der Waals surface area contributed by atoms with Crippen LogP contribution >= 0.6 is 11.6 Å². The molecule has 1 aromatic carbocycles. The van der Waals surface area contributed by atoms with Crippen LogP contribution in [0.3, 0.4) is 0 Å². The van der Waals surface area contributed by atoms with Crippen LogP contribution in [0.4, 0.5) is 10.2 Å². The summed E-state index contributed by atoms with van der Waals surface area (Å²) in [6.07, 6.45) is 6.23. The summed E-state index contributed by atoms with van der Waals surface area (Å²) in [6.45, 7) is 0. The van der Waals surface area contributed by atoms with Gasteiger partial charge >= 0.3 is 0 Å². The number of nitrogens with two attached hydrogens (primary N) is 1. The standard InChI is InChI=1S/C21H18ClFN6O/c22-13-6-3-7-14(23)16(13)20-26-17(18(24)27-20)12-8-9-15(25-10-12)21-28-19(29-30-21)11-4-1-2-5-11/h3,6-11H,1-2,4-5,24H2,(H,26,27). The maximum absolute atomic E-state index is 14.2. The lowest BCUT2D eigenvalue weighted by Crippen LogP contribution is -1.94. The monoisotopic (exact) mass is 424 g/mol. The van der Waals surface area contributed by atoms with Crippen molar-refractivity contribution >= 4 is 17.4 Å². The Kier molecular flexibility index (Phi) is 4.71. The van der Waals surface area contributed by atoms with Crippen molar-refractivity contribution in [2.24, 2.45) is 0 Å². The number of nitrogen functional groups attached to an aromatic ring is 1. The van der Waals surface area contributed by atoms with Gasteiger partial charge in [0.2, 0.25) is 0 Å². The number of imidazole rings is 1. The van der Waals surface area contributed by atoms with Crippen LogP contribution in [-0.4, -0.2) is 25.1 Å². The molecule has 0 unspecified atom stereocenters. The highest BCUT2D eigenvalue weighted by Gasteiger charge is 2.23. The van der Waals surface area contributed by atoms with Crippen LogP contribution in [0.1, 0.15) is 37.4 Å².